The van der Waals surface area contributed by atoms with E-state index < -0.39 is 17.4 Å². The van der Waals surface area contributed by atoms with E-state index in [1.807, 2.05) is 90.7 Å². The number of carbonyl (C=O) groups is 4. The Morgan fingerprint density at radius 2 is 1.65 bits per heavy atom. The number of hydrogen-bond donors (Lipinski definition) is 2. The molecule has 0 bridgehead atoms. The van der Waals surface area contributed by atoms with Crippen LogP contribution in [0.1, 0.15) is 55.8 Å². The molecule has 8 rings (SSSR count). The Balaban J connectivity index is 0.935. The van der Waals surface area contributed by atoms with Gasteiger partial charge in [-0.1, -0.05) is 66.7 Å². The number of rotatable bonds is 10. The number of methoxy groups -OCH3 is 1. The summed E-state index contributed by atoms with van der Waals surface area (Å²) in [6, 6.07) is 32.0. The highest BCUT2D eigenvalue weighted by atomic mass is 16.5. The minimum atomic E-state index is -0.933. The molecule has 2 amide bonds. The average Bonchev–Trinajstić information content (AvgIpc) is 4.04. The number of likely N-dealkylation sites (tertiary alicyclic amines) is 1. The number of aromatic nitrogens is 1. The molecule has 276 valence electrons. The van der Waals surface area contributed by atoms with Gasteiger partial charge in [-0.05, 0) is 78.1 Å². The van der Waals surface area contributed by atoms with Crippen molar-refractivity contribution in [2.75, 3.05) is 31.6 Å². The van der Waals surface area contributed by atoms with Crippen LogP contribution in [-0.2, 0) is 28.0 Å². The fraction of sp³-hybridized carbons (Fsp3) is 0.222. The third-order valence-corrected chi connectivity index (χ3v) is 11.1. The van der Waals surface area contributed by atoms with Crippen LogP contribution in [0.3, 0.4) is 0 Å². The van der Waals surface area contributed by atoms with Gasteiger partial charge in [0.05, 0.1) is 18.6 Å². The third-order valence-electron chi connectivity index (χ3n) is 11.1. The quantitative estimate of drug-likeness (QED) is 0.161. The zero-order valence-corrected chi connectivity index (χ0v) is 30.6. The highest BCUT2D eigenvalue weighted by Gasteiger charge is 2.41. The maximum absolute atomic E-state index is 13.6. The first kappa shape index (κ1) is 35.5. The van der Waals surface area contributed by atoms with Crippen molar-refractivity contribution < 1.29 is 29.0 Å². The molecule has 0 radical (unpaired) electrons. The number of amides is 2. The molecule has 2 N–H and O–H groups in total. The lowest BCUT2D eigenvalue weighted by molar-refractivity contribution is -0.141. The lowest BCUT2D eigenvalue weighted by atomic mass is 9.86. The SMILES string of the molecule is COc1cc(CC(=O)C2=CC(C)(c3ccc(C4CN(C(=O)c5ccccc5)CC4C(=O)O)cc3)N=C2)ccc1-c1cc(C(=O)N2CCc3ccccc32)c[nH]1. The standard InChI is InChI=1S/C45H40N4O6/c1-45(34-15-13-29(14-16-34)36-26-48(27-37(36)44(53)54)42(51)31-9-4-3-5-10-31)23-33(25-47-45)40(50)20-28-12-17-35(41(21-28)55-2)38-22-32(24-46-38)43(52)49-19-18-30-8-6-7-11-39(30)49/h3-17,21-25,36-37,46H,18-20,26-27H2,1-2H3,(H,53,54). The predicted octanol–water partition coefficient (Wildman–Crippen LogP) is 6.87. The Bertz CT molecular complexity index is 2380. The van der Waals surface area contributed by atoms with Crippen molar-refractivity contribution >= 4 is 35.5 Å². The van der Waals surface area contributed by atoms with Crippen LogP contribution in [0.5, 0.6) is 5.75 Å². The van der Waals surface area contributed by atoms with Gasteiger partial charge in [-0.15, -0.1) is 0 Å². The molecule has 10 nitrogen and oxygen atoms in total. The number of Topliss-reactive ketones (excluding diaryl/α,β-unsaturated/α-hetero) is 1. The summed E-state index contributed by atoms with van der Waals surface area (Å²) < 4.78 is 5.74. The van der Waals surface area contributed by atoms with Gasteiger partial charge in [-0.2, -0.15) is 0 Å². The van der Waals surface area contributed by atoms with Gasteiger partial charge in [0.2, 0.25) is 0 Å². The lowest BCUT2D eigenvalue weighted by Crippen LogP contribution is -2.29. The molecule has 10 heteroatoms. The largest absolute Gasteiger partial charge is 0.496 e. The van der Waals surface area contributed by atoms with Crippen LogP contribution in [0.15, 0.2) is 126 Å². The summed E-state index contributed by atoms with van der Waals surface area (Å²) in [5, 5.41) is 10.0. The van der Waals surface area contributed by atoms with Crippen molar-refractivity contribution in [3.05, 3.63) is 154 Å². The van der Waals surface area contributed by atoms with Crippen LogP contribution in [0, 0.1) is 5.92 Å². The van der Waals surface area contributed by atoms with E-state index in [-0.39, 0.29) is 36.5 Å². The Morgan fingerprint density at radius 3 is 2.42 bits per heavy atom. The maximum Gasteiger partial charge on any atom is 0.308 e. The average molecular weight is 733 g/mol. The summed E-state index contributed by atoms with van der Waals surface area (Å²) in [6.45, 7) is 3.03. The van der Waals surface area contributed by atoms with Gasteiger partial charge < -0.3 is 24.6 Å². The number of nitrogens with zero attached hydrogens (tertiary/aromatic N) is 3. The molecule has 3 atom stereocenters. The summed E-state index contributed by atoms with van der Waals surface area (Å²) >= 11 is 0. The number of aliphatic imine (C=N–C) groups is 1. The number of carboxylic acid groups (broad SMARTS) is 1. The monoisotopic (exact) mass is 732 g/mol. The molecule has 1 aromatic heterocycles. The molecule has 55 heavy (non-hydrogen) atoms. The fourth-order valence-corrected chi connectivity index (χ4v) is 8.01. The Hall–Kier alpha value is -6.55. The Kier molecular flexibility index (Phi) is 9.26. The second-order valence-corrected chi connectivity index (χ2v) is 14.5. The van der Waals surface area contributed by atoms with E-state index in [0.717, 1.165) is 40.1 Å². The van der Waals surface area contributed by atoms with Gasteiger partial charge in [-0.3, -0.25) is 24.2 Å². The molecule has 5 aromatic rings. The van der Waals surface area contributed by atoms with Crippen molar-refractivity contribution in [1.82, 2.24) is 9.88 Å². The van der Waals surface area contributed by atoms with Gasteiger partial charge in [0.1, 0.15) is 11.3 Å². The molecule has 0 saturated carbocycles. The number of carboxylic acids is 1. The molecule has 0 aliphatic carbocycles. The Labute approximate surface area is 318 Å². The van der Waals surface area contributed by atoms with Crippen molar-refractivity contribution in [3.63, 3.8) is 0 Å². The predicted molar refractivity (Wildman–Crippen MR) is 210 cm³/mol. The summed E-state index contributed by atoms with van der Waals surface area (Å²) in [7, 11) is 1.58. The molecule has 1 fully saturated rings. The maximum atomic E-state index is 13.6. The van der Waals surface area contributed by atoms with Crippen molar-refractivity contribution in [2.24, 2.45) is 10.9 Å². The van der Waals surface area contributed by atoms with Crippen LogP contribution in [0.2, 0.25) is 0 Å². The van der Waals surface area contributed by atoms with Gasteiger partial charge in [0, 0.05) is 72.5 Å². The minimum Gasteiger partial charge on any atom is -0.496 e. The molecule has 3 aliphatic heterocycles. The summed E-state index contributed by atoms with van der Waals surface area (Å²) in [5.74, 6) is -1.76. The van der Waals surface area contributed by atoms with Crippen LogP contribution in [0.4, 0.5) is 5.69 Å². The molecule has 3 aliphatic rings. The van der Waals surface area contributed by atoms with Gasteiger partial charge in [0.25, 0.3) is 11.8 Å². The first-order valence-corrected chi connectivity index (χ1v) is 18.4. The van der Waals surface area contributed by atoms with Crippen molar-refractivity contribution in [3.8, 4) is 17.0 Å². The first-order chi connectivity index (χ1) is 26.6. The number of hydrogen-bond acceptors (Lipinski definition) is 6. The second kappa shape index (κ2) is 14.4. The highest BCUT2D eigenvalue weighted by Crippen LogP contribution is 2.38. The van der Waals surface area contributed by atoms with Crippen LogP contribution in [-0.4, -0.2) is 71.5 Å². The number of fused-ring (bicyclic) bond motifs is 1. The first-order valence-electron chi connectivity index (χ1n) is 18.4. The number of H-pyrrole nitrogens is 1. The molecule has 4 aromatic carbocycles. The number of para-hydroxylation sites is 1. The van der Waals surface area contributed by atoms with E-state index in [9.17, 15) is 24.3 Å². The zero-order valence-electron chi connectivity index (χ0n) is 30.6. The lowest BCUT2D eigenvalue weighted by Gasteiger charge is -2.21. The second-order valence-electron chi connectivity index (χ2n) is 14.5. The van der Waals surface area contributed by atoms with E-state index in [1.165, 1.54) is 5.56 Å². The topological polar surface area (TPSA) is 132 Å². The number of carbonyl (C=O) groups excluding carboxylic acids is 3. The van der Waals surface area contributed by atoms with E-state index in [1.54, 1.807) is 48.7 Å². The number of aliphatic carboxylic acids is 1. The Morgan fingerprint density at radius 1 is 0.891 bits per heavy atom. The van der Waals surface area contributed by atoms with E-state index in [2.05, 4.69) is 11.1 Å². The molecule has 4 heterocycles. The van der Waals surface area contributed by atoms with Gasteiger partial charge >= 0.3 is 5.97 Å². The van der Waals surface area contributed by atoms with Crippen molar-refractivity contribution in [1.29, 1.82) is 0 Å². The fourth-order valence-electron chi connectivity index (χ4n) is 8.01. The highest BCUT2D eigenvalue weighted by molar-refractivity contribution is 6.15. The molecular weight excluding hydrogens is 693 g/mol. The number of benzene rings is 4. The summed E-state index contributed by atoms with van der Waals surface area (Å²) in [6.07, 6.45) is 6.17. The van der Waals surface area contributed by atoms with Gasteiger partial charge in [-0.25, -0.2) is 0 Å². The number of allylic oxidation sites excluding steroid dienone is 1. The number of nitrogens with one attached hydrogen (secondary N) is 1. The van der Waals surface area contributed by atoms with E-state index in [4.69, 9.17) is 9.73 Å². The summed E-state index contributed by atoms with van der Waals surface area (Å²) in [4.78, 5) is 63.7. The zero-order chi connectivity index (χ0) is 38.3. The van der Waals surface area contributed by atoms with Crippen LogP contribution >= 0.6 is 0 Å². The molecular formula is C45H40N4O6. The van der Waals surface area contributed by atoms with E-state index in [0.29, 0.717) is 35.5 Å². The van der Waals surface area contributed by atoms with Crippen LogP contribution in [0.25, 0.3) is 11.3 Å². The van der Waals surface area contributed by atoms with Gasteiger partial charge in [0.15, 0.2) is 5.78 Å². The third kappa shape index (κ3) is 6.76. The molecule has 3 unspecified atom stereocenters. The minimum absolute atomic E-state index is 0.0627. The number of ether oxygens (including phenoxy) is 1. The van der Waals surface area contributed by atoms with E-state index >= 15 is 0 Å². The number of anilines is 1. The van der Waals surface area contributed by atoms with Crippen molar-refractivity contribution in [2.45, 2.75) is 31.2 Å². The molecule has 0 spiro atoms. The normalized spacial score (nSPS) is 20.0. The number of aromatic amines is 1. The number of ketones is 1. The molecule has 1 saturated heterocycles. The summed E-state index contributed by atoms with van der Waals surface area (Å²) in [5.41, 5.74) is 6.92. The smallest absolute Gasteiger partial charge is 0.308 e. The van der Waals surface area contributed by atoms with Crippen LogP contribution < -0.4 is 9.64 Å².